The maximum atomic E-state index is 13.0. The normalized spacial score (nSPS) is 12.4. The fraction of sp³-hybridized carbons (Fsp3) is 0.143. The highest BCUT2D eigenvalue weighted by Gasteiger charge is 2.32. The molecule has 7 nitrogen and oxygen atoms in total. The van der Waals surface area contributed by atoms with Gasteiger partial charge in [-0.15, -0.1) is 0 Å². The molecule has 0 saturated carbocycles. The topological polar surface area (TPSA) is 118 Å². The van der Waals surface area contributed by atoms with Crippen LogP contribution in [0.4, 0.5) is 13.2 Å². The van der Waals surface area contributed by atoms with Crippen molar-refractivity contribution in [3.8, 4) is 22.8 Å². The first-order chi connectivity index (χ1) is 14.7. The van der Waals surface area contributed by atoms with E-state index in [0.717, 1.165) is 18.2 Å². The number of primary amides is 1. The highest BCUT2D eigenvalue weighted by atomic mass is 19.4. The standard InChI is InChI=1S/C21H18F3N3O4/c22-21(23,24)13-6-9-19(15(10-13)18(28)11-26-30)31-14-7-4-12(5-8-14)16-2-1-3-17(27-16)20(25)29/h1-10,18,26,28,30H,11H2,(H2,25,29). The van der Waals surface area contributed by atoms with E-state index in [-0.39, 0.29) is 17.0 Å². The number of alkyl halides is 3. The third-order valence-electron chi connectivity index (χ3n) is 4.36. The summed E-state index contributed by atoms with van der Waals surface area (Å²) in [6.45, 7) is -0.390. The molecule has 1 aromatic heterocycles. The third-order valence-corrected chi connectivity index (χ3v) is 4.36. The van der Waals surface area contributed by atoms with Gasteiger partial charge in [-0.2, -0.15) is 13.2 Å². The molecule has 5 N–H and O–H groups in total. The number of hydrogen-bond donors (Lipinski definition) is 4. The first-order valence-corrected chi connectivity index (χ1v) is 9.00. The highest BCUT2D eigenvalue weighted by Crippen LogP contribution is 2.36. The van der Waals surface area contributed by atoms with Gasteiger partial charge in [0, 0.05) is 11.1 Å². The Morgan fingerprint density at radius 2 is 1.84 bits per heavy atom. The Hall–Kier alpha value is -3.47. The van der Waals surface area contributed by atoms with E-state index in [1.165, 1.54) is 6.07 Å². The van der Waals surface area contributed by atoms with Crippen molar-refractivity contribution in [2.45, 2.75) is 12.3 Å². The van der Waals surface area contributed by atoms with Gasteiger partial charge < -0.3 is 20.8 Å². The van der Waals surface area contributed by atoms with Crippen molar-refractivity contribution in [2.24, 2.45) is 5.73 Å². The molecule has 0 aliphatic heterocycles. The molecule has 3 aromatic rings. The van der Waals surface area contributed by atoms with Gasteiger partial charge in [0.2, 0.25) is 0 Å². The van der Waals surface area contributed by atoms with Gasteiger partial charge in [-0.05, 0) is 54.6 Å². The van der Waals surface area contributed by atoms with Crippen LogP contribution in [-0.4, -0.2) is 27.7 Å². The Morgan fingerprint density at radius 1 is 1.13 bits per heavy atom. The van der Waals surface area contributed by atoms with E-state index in [1.807, 2.05) is 0 Å². The van der Waals surface area contributed by atoms with E-state index in [0.29, 0.717) is 17.0 Å². The van der Waals surface area contributed by atoms with Crippen LogP contribution in [0.15, 0.2) is 60.7 Å². The van der Waals surface area contributed by atoms with Crippen LogP contribution in [-0.2, 0) is 6.18 Å². The second kappa shape index (κ2) is 9.13. The number of nitrogens with one attached hydrogen (secondary N) is 1. The van der Waals surface area contributed by atoms with Crippen LogP contribution in [0.3, 0.4) is 0 Å². The molecule has 0 spiro atoms. The first-order valence-electron chi connectivity index (χ1n) is 9.00. The van der Waals surface area contributed by atoms with Crippen molar-refractivity contribution in [3.05, 3.63) is 77.5 Å². The van der Waals surface area contributed by atoms with Gasteiger partial charge in [0.25, 0.3) is 5.91 Å². The van der Waals surface area contributed by atoms with Gasteiger partial charge in [-0.3, -0.25) is 4.79 Å². The van der Waals surface area contributed by atoms with E-state index >= 15 is 0 Å². The molecular weight excluding hydrogens is 415 g/mol. The molecule has 0 aliphatic rings. The zero-order valence-electron chi connectivity index (χ0n) is 15.9. The smallest absolute Gasteiger partial charge is 0.416 e. The summed E-state index contributed by atoms with van der Waals surface area (Å²) < 4.78 is 44.8. The lowest BCUT2D eigenvalue weighted by Crippen LogP contribution is -2.18. The molecule has 10 heteroatoms. The fourth-order valence-corrected chi connectivity index (χ4v) is 2.83. The van der Waals surface area contributed by atoms with Crippen molar-refractivity contribution < 1.29 is 33.0 Å². The predicted molar refractivity (Wildman–Crippen MR) is 104 cm³/mol. The molecule has 0 fully saturated rings. The number of ether oxygens (including phenoxy) is 1. The van der Waals surface area contributed by atoms with Gasteiger partial charge in [-0.1, -0.05) is 6.07 Å². The largest absolute Gasteiger partial charge is 0.457 e. The Morgan fingerprint density at radius 3 is 2.45 bits per heavy atom. The fourth-order valence-electron chi connectivity index (χ4n) is 2.83. The molecule has 1 heterocycles. The summed E-state index contributed by atoms with van der Waals surface area (Å²) in [6, 6.07) is 13.9. The number of aliphatic hydroxyl groups is 1. The number of amides is 1. The molecule has 1 atom stereocenters. The molecule has 31 heavy (non-hydrogen) atoms. The SMILES string of the molecule is NC(=O)c1cccc(-c2ccc(Oc3ccc(C(F)(F)F)cc3C(O)CNO)cc2)n1. The Balaban J connectivity index is 1.88. The number of hydroxylamine groups is 1. The van der Waals surface area contributed by atoms with Crippen molar-refractivity contribution in [3.63, 3.8) is 0 Å². The van der Waals surface area contributed by atoms with E-state index in [4.69, 9.17) is 15.7 Å². The van der Waals surface area contributed by atoms with Gasteiger partial charge in [0.05, 0.1) is 23.9 Å². The predicted octanol–water partition coefficient (Wildman–Crippen LogP) is 3.67. The molecule has 0 saturated heterocycles. The number of pyridine rings is 1. The van der Waals surface area contributed by atoms with Crippen molar-refractivity contribution in [1.82, 2.24) is 10.5 Å². The number of hydrogen-bond acceptors (Lipinski definition) is 6. The van der Waals surface area contributed by atoms with E-state index < -0.39 is 30.3 Å². The van der Waals surface area contributed by atoms with Gasteiger partial charge in [0.1, 0.15) is 17.2 Å². The van der Waals surface area contributed by atoms with Crippen LogP contribution >= 0.6 is 0 Å². The van der Waals surface area contributed by atoms with Crippen LogP contribution in [0, 0.1) is 0 Å². The van der Waals surface area contributed by atoms with E-state index in [1.54, 1.807) is 41.9 Å². The number of rotatable bonds is 7. The lowest BCUT2D eigenvalue weighted by atomic mass is 10.0. The minimum Gasteiger partial charge on any atom is -0.457 e. The maximum Gasteiger partial charge on any atom is 0.416 e. The van der Waals surface area contributed by atoms with E-state index in [9.17, 15) is 23.1 Å². The summed E-state index contributed by atoms with van der Waals surface area (Å²) in [5.41, 5.74) is 7.14. The summed E-state index contributed by atoms with van der Waals surface area (Å²) >= 11 is 0. The number of aliphatic hydroxyl groups excluding tert-OH is 1. The van der Waals surface area contributed by atoms with Crippen LogP contribution in [0.2, 0.25) is 0 Å². The lowest BCUT2D eigenvalue weighted by Gasteiger charge is -2.18. The molecule has 1 amide bonds. The number of nitrogens with zero attached hydrogens (tertiary/aromatic N) is 1. The summed E-state index contributed by atoms with van der Waals surface area (Å²) in [7, 11) is 0. The average molecular weight is 433 g/mol. The van der Waals surface area contributed by atoms with Gasteiger partial charge >= 0.3 is 6.18 Å². The molecule has 162 valence electrons. The van der Waals surface area contributed by atoms with Crippen LogP contribution in [0.1, 0.15) is 27.7 Å². The van der Waals surface area contributed by atoms with Crippen LogP contribution in [0.25, 0.3) is 11.3 Å². The Kier molecular flexibility index (Phi) is 6.54. The maximum absolute atomic E-state index is 13.0. The van der Waals surface area contributed by atoms with Crippen molar-refractivity contribution >= 4 is 5.91 Å². The van der Waals surface area contributed by atoms with Crippen LogP contribution < -0.4 is 16.0 Å². The van der Waals surface area contributed by atoms with Gasteiger partial charge in [0.15, 0.2) is 0 Å². The Bertz CT molecular complexity index is 1070. The highest BCUT2D eigenvalue weighted by molar-refractivity contribution is 5.91. The monoisotopic (exact) mass is 433 g/mol. The molecular formula is C21H18F3N3O4. The molecule has 0 radical (unpaired) electrons. The summed E-state index contributed by atoms with van der Waals surface area (Å²) in [5, 5.41) is 18.9. The number of benzene rings is 2. The quantitative estimate of drug-likeness (QED) is 0.423. The summed E-state index contributed by atoms with van der Waals surface area (Å²) in [5.74, 6) is -0.370. The van der Waals surface area contributed by atoms with E-state index in [2.05, 4.69) is 4.98 Å². The summed E-state index contributed by atoms with van der Waals surface area (Å²) in [4.78, 5) is 15.5. The average Bonchev–Trinajstić information content (AvgIpc) is 2.74. The number of nitrogens with two attached hydrogens (primary N) is 1. The summed E-state index contributed by atoms with van der Waals surface area (Å²) in [6.07, 6.45) is -6.05. The van der Waals surface area contributed by atoms with Crippen LogP contribution in [0.5, 0.6) is 11.5 Å². The van der Waals surface area contributed by atoms with Crippen molar-refractivity contribution in [1.29, 1.82) is 0 Å². The Labute approximate surface area is 174 Å². The zero-order valence-corrected chi connectivity index (χ0v) is 15.9. The number of aromatic nitrogens is 1. The van der Waals surface area contributed by atoms with Crippen molar-refractivity contribution in [2.75, 3.05) is 6.54 Å². The zero-order chi connectivity index (χ0) is 22.6. The minimum absolute atomic E-state index is 0.00245. The minimum atomic E-state index is -4.60. The number of halogens is 3. The lowest BCUT2D eigenvalue weighted by molar-refractivity contribution is -0.137. The number of carbonyl (C=O) groups excluding carboxylic acids is 1. The van der Waals surface area contributed by atoms with Gasteiger partial charge in [-0.25, -0.2) is 10.5 Å². The second-order valence-electron chi connectivity index (χ2n) is 6.53. The molecule has 0 bridgehead atoms. The number of carbonyl (C=O) groups is 1. The third kappa shape index (κ3) is 5.37. The molecule has 0 aliphatic carbocycles. The molecule has 3 rings (SSSR count). The molecule has 2 aromatic carbocycles. The second-order valence-corrected chi connectivity index (χ2v) is 6.53. The molecule has 1 unspecified atom stereocenters. The first kappa shape index (κ1) is 22.2.